The van der Waals surface area contributed by atoms with Gasteiger partial charge in [0.25, 0.3) is 0 Å². The Morgan fingerprint density at radius 1 is 0.735 bits per heavy atom. The molecule has 3 aromatic rings. The molecule has 34 heavy (non-hydrogen) atoms. The molecule has 4 rings (SSSR count). The Balaban J connectivity index is 1.94. The van der Waals surface area contributed by atoms with Crippen LogP contribution in [0.3, 0.4) is 0 Å². The van der Waals surface area contributed by atoms with Crippen molar-refractivity contribution in [2.24, 2.45) is 15.8 Å². The second-order valence-corrected chi connectivity index (χ2v) is 9.31. The van der Waals surface area contributed by atoms with E-state index in [-0.39, 0.29) is 32.3 Å². The fourth-order valence-electron chi connectivity index (χ4n) is 3.71. The molecule has 0 amide bonds. The summed E-state index contributed by atoms with van der Waals surface area (Å²) in [6.45, 7) is 5.16. The number of benzene rings is 3. The summed E-state index contributed by atoms with van der Waals surface area (Å²) in [6, 6.07) is 9.88. The van der Waals surface area contributed by atoms with Crippen molar-refractivity contribution < 1.29 is 15.3 Å². The number of phenolic OH excluding ortho intramolecular Hbond substituents is 3. The summed E-state index contributed by atoms with van der Waals surface area (Å²) < 4.78 is 0. The number of nitrogens with zero attached hydrogens (tertiary/aromatic N) is 3. The van der Waals surface area contributed by atoms with Crippen LogP contribution in [-0.4, -0.2) is 32.0 Å². The van der Waals surface area contributed by atoms with Gasteiger partial charge in [-0.25, -0.2) is 15.8 Å². The number of hydrogen-bond acceptors (Lipinski definition) is 7. The van der Waals surface area contributed by atoms with Crippen molar-refractivity contribution in [3.8, 4) is 17.2 Å². The first kappa shape index (κ1) is 24.2. The Bertz CT molecular complexity index is 1320. The van der Waals surface area contributed by atoms with Crippen LogP contribution in [0.15, 0.2) is 46.4 Å². The Kier molecular flexibility index (Phi) is 6.40. The minimum atomic E-state index is -0.764. The lowest BCUT2D eigenvalue weighted by molar-refractivity contribution is 0.332. The highest BCUT2D eigenvalue weighted by atomic mass is 35.5. The van der Waals surface area contributed by atoms with Gasteiger partial charge in [0.1, 0.15) is 17.2 Å². The summed E-state index contributed by atoms with van der Waals surface area (Å²) >= 11 is 18.7. The number of aromatic hydroxyl groups is 3. The van der Waals surface area contributed by atoms with Gasteiger partial charge in [-0.15, -0.1) is 0 Å². The molecule has 0 aliphatic carbocycles. The number of rotatable bonds is 3. The van der Waals surface area contributed by atoms with Crippen LogP contribution in [0.4, 0.5) is 0 Å². The van der Waals surface area contributed by atoms with Crippen LogP contribution in [0.25, 0.3) is 0 Å². The molecule has 1 atom stereocenters. The largest absolute Gasteiger partial charge is 0.506 e. The second-order valence-electron chi connectivity index (χ2n) is 8.08. The number of hydrogen-bond donors (Lipinski definition) is 4. The Hall–Kier alpha value is -2.97. The minimum absolute atomic E-state index is 0.0232. The Labute approximate surface area is 211 Å². The lowest BCUT2D eigenvalue weighted by Crippen LogP contribution is -2.43. The van der Waals surface area contributed by atoms with Gasteiger partial charge >= 0.3 is 0 Å². The maximum Gasteiger partial charge on any atom is 0.164 e. The lowest BCUT2D eigenvalue weighted by atomic mass is 10.0. The van der Waals surface area contributed by atoms with Gasteiger partial charge in [0.05, 0.1) is 15.1 Å². The molecule has 1 heterocycles. The van der Waals surface area contributed by atoms with E-state index >= 15 is 0 Å². The van der Waals surface area contributed by atoms with Gasteiger partial charge in [-0.3, -0.25) is 5.01 Å². The smallest absolute Gasteiger partial charge is 0.164 e. The molecule has 5 N–H and O–H groups in total. The average molecular weight is 520 g/mol. The molecule has 0 bridgehead atoms. The number of phenols is 3. The quantitative estimate of drug-likeness (QED) is 0.328. The second kappa shape index (κ2) is 9.00. The standard InChI is InChI=1S/C24H21Cl3N4O3/c1-10-4-13(7-16(25)19(10)32)22-29-23(14-5-11(2)20(33)17(26)8-14)31(28)24(30-22)15-6-12(3)21(34)18(27)9-15/h4-9,23,32-34H,28H2,1-3H3. The van der Waals surface area contributed by atoms with Gasteiger partial charge in [-0.2, -0.15) is 0 Å². The summed E-state index contributed by atoms with van der Waals surface area (Å²) in [5, 5.41) is 32.2. The average Bonchev–Trinajstić information content (AvgIpc) is 2.78. The first-order chi connectivity index (χ1) is 16.0. The highest BCUT2D eigenvalue weighted by Gasteiger charge is 2.29. The number of nitrogens with two attached hydrogens (primary N) is 1. The van der Waals surface area contributed by atoms with Crippen molar-refractivity contribution in [2.45, 2.75) is 26.9 Å². The van der Waals surface area contributed by atoms with Gasteiger partial charge < -0.3 is 15.3 Å². The molecule has 0 spiro atoms. The SMILES string of the molecule is Cc1cc(C2=NC(c3cc(C)c(O)c(Cl)c3)N(N)C(c3cc(C)c(O)c(Cl)c3)=N2)cc(Cl)c1O. The van der Waals surface area contributed by atoms with E-state index in [1.54, 1.807) is 57.2 Å². The maximum absolute atomic E-state index is 10.1. The van der Waals surface area contributed by atoms with Crippen LogP contribution in [0, 0.1) is 20.8 Å². The zero-order chi connectivity index (χ0) is 24.9. The predicted molar refractivity (Wildman–Crippen MR) is 135 cm³/mol. The zero-order valence-corrected chi connectivity index (χ0v) is 20.7. The molecule has 0 fully saturated rings. The van der Waals surface area contributed by atoms with E-state index in [1.165, 1.54) is 5.01 Å². The molecular weight excluding hydrogens is 499 g/mol. The van der Waals surface area contributed by atoms with E-state index in [4.69, 9.17) is 45.6 Å². The van der Waals surface area contributed by atoms with Crippen molar-refractivity contribution in [2.75, 3.05) is 0 Å². The van der Waals surface area contributed by atoms with Gasteiger partial charge in [0.15, 0.2) is 17.8 Å². The third-order valence-electron chi connectivity index (χ3n) is 5.56. The van der Waals surface area contributed by atoms with Crippen LogP contribution in [-0.2, 0) is 0 Å². The summed E-state index contributed by atoms with van der Waals surface area (Å²) in [7, 11) is 0. The fourth-order valence-corrected chi connectivity index (χ4v) is 4.52. The van der Waals surface area contributed by atoms with Crippen LogP contribution in [0.1, 0.15) is 39.5 Å². The van der Waals surface area contributed by atoms with E-state index in [0.29, 0.717) is 45.1 Å². The first-order valence-electron chi connectivity index (χ1n) is 10.2. The molecule has 3 aromatic carbocycles. The number of aryl methyl sites for hydroxylation is 3. The number of hydrazine groups is 1. The molecule has 0 radical (unpaired) electrons. The molecule has 1 unspecified atom stereocenters. The van der Waals surface area contributed by atoms with E-state index in [1.807, 2.05) is 0 Å². The molecule has 7 nitrogen and oxygen atoms in total. The number of halogens is 3. The van der Waals surface area contributed by atoms with E-state index < -0.39 is 6.17 Å². The van der Waals surface area contributed by atoms with Crippen LogP contribution < -0.4 is 5.84 Å². The third kappa shape index (κ3) is 4.28. The van der Waals surface area contributed by atoms with Crippen molar-refractivity contribution in [3.05, 3.63) is 84.8 Å². The Morgan fingerprint density at radius 3 is 1.74 bits per heavy atom. The van der Waals surface area contributed by atoms with Gasteiger partial charge in [0, 0.05) is 11.1 Å². The number of aliphatic imine (C=N–C) groups is 2. The molecule has 0 saturated heterocycles. The summed E-state index contributed by atoms with van der Waals surface area (Å²) in [4.78, 5) is 9.40. The van der Waals surface area contributed by atoms with Crippen LogP contribution >= 0.6 is 34.8 Å². The highest BCUT2D eigenvalue weighted by molar-refractivity contribution is 6.33. The normalized spacial score (nSPS) is 15.9. The molecule has 0 aromatic heterocycles. The third-order valence-corrected chi connectivity index (χ3v) is 6.43. The van der Waals surface area contributed by atoms with Crippen molar-refractivity contribution >= 4 is 46.5 Å². The summed E-state index contributed by atoms with van der Waals surface area (Å²) in [5.74, 6) is 7.08. The molecule has 0 saturated carbocycles. The van der Waals surface area contributed by atoms with Gasteiger partial charge in [0.2, 0.25) is 0 Å². The van der Waals surface area contributed by atoms with Crippen molar-refractivity contribution in [1.29, 1.82) is 0 Å². The first-order valence-corrected chi connectivity index (χ1v) is 11.3. The lowest BCUT2D eigenvalue weighted by Gasteiger charge is -2.32. The minimum Gasteiger partial charge on any atom is -0.506 e. The summed E-state index contributed by atoms with van der Waals surface area (Å²) in [5.41, 5.74) is 3.41. The predicted octanol–water partition coefficient (Wildman–Crippen LogP) is 5.77. The van der Waals surface area contributed by atoms with E-state index in [2.05, 4.69) is 4.99 Å². The van der Waals surface area contributed by atoms with Crippen molar-refractivity contribution in [3.63, 3.8) is 0 Å². The van der Waals surface area contributed by atoms with Crippen LogP contribution in [0.5, 0.6) is 17.2 Å². The fraction of sp³-hybridized carbons (Fsp3) is 0.167. The van der Waals surface area contributed by atoms with Gasteiger partial charge in [-0.1, -0.05) is 34.8 Å². The van der Waals surface area contributed by atoms with E-state index in [9.17, 15) is 15.3 Å². The molecule has 10 heteroatoms. The summed E-state index contributed by atoms with van der Waals surface area (Å²) in [6.07, 6.45) is -0.764. The van der Waals surface area contributed by atoms with Crippen LogP contribution in [0.2, 0.25) is 15.1 Å². The number of amidine groups is 2. The zero-order valence-electron chi connectivity index (χ0n) is 18.4. The molecular formula is C24H21Cl3N4O3. The van der Waals surface area contributed by atoms with E-state index in [0.717, 1.165) is 0 Å². The molecule has 1 aliphatic rings. The molecule has 176 valence electrons. The molecule has 1 aliphatic heterocycles. The van der Waals surface area contributed by atoms with Crippen molar-refractivity contribution in [1.82, 2.24) is 5.01 Å². The Morgan fingerprint density at radius 2 is 1.21 bits per heavy atom. The maximum atomic E-state index is 10.1. The topological polar surface area (TPSA) is 115 Å². The van der Waals surface area contributed by atoms with Gasteiger partial charge in [-0.05, 0) is 79.4 Å². The monoisotopic (exact) mass is 518 g/mol. The highest BCUT2D eigenvalue weighted by Crippen LogP contribution is 2.37.